The van der Waals surface area contributed by atoms with Crippen molar-refractivity contribution in [3.8, 4) is 0 Å². The molecular formula is C26H36ClN3. The first-order chi connectivity index (χ1) is 14.4. The Morgan fingerprint density at radius 2 is 2.03 bits per heavy atom. The van der Waals surface area contributed by atoms with Crippen LogP contribution in [0.25, 0.3) is 16.6 Å². The summed E-state index contributed by atoms with van der Waals surface area (Å²) in [5, 5.41) is 5.42. The van der Waals surface area contributed by atoms with E-state index in [1.54, 1.807) is 0 Å². The number of benzene rings is 1. The lowest BCUT2D eigenvalue weighted by atomic mass is 9.94. The Balaban J connectivity index is 1.90. The highest BCUT2D eigenvalue weighted by atomic mass is 35.5. The zero-order chi connectivity index (χ0) is 21.7. The summed E-state index contributed by atoms with van der Waals surface area (Å²) >= 11 is 6.77. The number of pyridine rings is 1. The molecule has 0 aliphatic heterocycles. The van der Waals surface area contributed by atoms with Crippen LogP contribution >= 0.6 is 11.6 Å². The molecule has 1 aliphatic carbocycles. The lowest BCUT2D eigenvalue weighted by molar-refractivity contribution is 0.348. The van der Waals surface area contributed by atoms with Gasteiger partial charge in [-0.3, -0.25) is 4.98 Å². The average molecular weight is 426 g/mol. The Morgan fingerprint density at radius 3 is 2.73 bits per heavy atom. The second kappa shape index (κ2) is 10.5. The van der Waals surface area contributed by atoms with Gasteiger partial charge in [-0.25, -0.2) is 0 Å². The second-order valence-electron chi connectivity index (χ2n) is 8.70. The molecular weight excluding hydrogens is 390 g/mol. The number of hydrogen-bond acceptors (Lipinski definition) is 3. The van der Waals surface area contributed by atoms with Gasteiger partial charge in [0.2, 0.25) is 0 Å². The summed E-state index contributed by atoms with van der Waals surface area (Å²) in [7, 11) is 2.05. The summed E-state index contributed by atoms with van der Waals surface area (Å²) in [5.74, 6) is 0. The van der Waals surface area contributed by atoms with E-state index in [1.165, 1.54) is 36.9 Å². The van der Waals surface area contributed by atoms with Gasteiger partial charge in [0.05, 0.1) is 10.5 Å². The van der Waals surface area contributed by atoms with Crippen LogP contribution in [-0.2, 0) is 12.8 Å². The first-order valence-electron chi connectivity index (χ1n) is 11.3. The fraction of sp³-hybridized carbons (Fsp3) is 0.500. The van der Waals surface area contributed by atoms with Gasteiger partial charge in [-0.15, -0.1) is 0 Å². The van der Waals surface area contributed by atoms with Crippen LogP contribution in [0.2, 0.25) is 5.02 Å². The van der Waals surface area contributed by atoms with Crippen molar-refractivity contribution in [1.82, 2.24) is 15.2 Å². The van der Waals surface area contributed by atoms with Crippen molar-refractivity contribution in [2.24, 2.45) is 0 Å². The maximum Gasteiger partial charge on any atom is 0.0727 e. The molecule has 1 aromatic carbocycles. The van der Waals surface area contributed by atoms with Gasteiger partial charge in [-0.2, -0.15) is 0 Å². The maximum absolute atomic E-state index is 6.77. The van der Waals surface area contributed by atoms with Crippen molar-refractivity contribution in [2.45, 2.75) is 64.8 Å². The smallest absolute Gasteiger partial charge is 0.0727 e. The normalized spacial score (nSPS) is 14.4. The van der Waals surface area contributed by atoms with Gasteiger partial charge >= 0.3 is 0 Å². The number of rotatable bonds is 10. The van der Waals surface area contributed by atoms with E-state index in [0.29, 0.717) is 6.04 Å². The topological polar surface area (TPSA) is 28.2 Å². The van der Waals surface area contributed by atoms with Crippen LogP contribution in [0.3, 0.4) is 0 Å². The van der Waals surface area contributed by atoms with Crippen molar-refractivity contribution >= 4 is 28.2 Å². The van der Waals surface area contributed by atoms with Crippen LogP contribution in [-0.4, -0.2) is 36.1 Å². The molecule has 3 nitrogen and oxygen atoms in total. The SMILES string of the molecule is C=C(C)CN(CC(CCCC)NC)C(=C)c1ccc2c(Cl)c3c(nc2c1)CCCC3. The van der Waals surface area contributed by atoms with Gasteiger partial charge in [0, 0.05) is 35.9 Å². The Hall–Kier alpha value is -1.84. The molecule has 0 saturated heterocycles. The largest absolute Gasteiger partial charge is 0.366 e. The molecule has 4 heteroatoms. The average Bonchev–Trinajstić information content (AvgIpc) is 2.75. The lowest BCUT2D eigenvalue weighted by Crippen LogP contribution is -2.39. The van der Waals surface area contributed by atoms with Crippen LogP contribution in [0, 0.1) is 0 Å². The van der Waals surface area contributed by atoms with Crippen LogP contribution in [0.4, 0.5) is 0 Å². The molecule has 1 unspecified atom stereocenters. The summed E-state index contributed by atoms with van der Waals surface area (Å²) in [5.41, 5.74) is 6.66. The van der Waals surface area contributed by atoms with Gasteiger partial charge < -0.3 is 10.2 Å². The molecule has 1 N–H and O–H groups in total. The molecule has 3 rings (SSSR count). The zero-order valence-corrected chi connectivity index (χ0v) is 19.6. The Morgan fingerprint density at radius 1 is 1.27 bits per heavy atom. The highest BCUT2D eigenvalue weighted by Gasteiger charge is 2.19. The maximum atomic E-state index is 6.77. The molecule has 1 aliphatic rings. The van der Waals surface area contributed by atoms with Gasteiger partial charge in [-0.05, 0) is 63.3 Å². The van der Waals surface area contributed by atoms with E-state index in [-0.39, 0.29) is 0 Å². The molecule has 0 fully saturated rings. The summed E-state index contributed by atoms with van der Waals surface area (Å²) in [6.07, 6.45) is 8.07. The van der Waals surface area contributed by atoms with Gasteiger partial charge in [-0.1, -0.05) is 62.2 Å². The Labute approximate surface area is 187 Å². The van der Waals surface area contributed by atoms with Gasteiger partial charge in [0.25, 0.3) is 0 Å². The number of hydrogen-bond donors (Lipinski definition) is 1. The third-order valence-corrected chi connectivity index (χ3v) is 6.56. The summed E-state index contributed by atoms with van der Waals surface area (Å²) in [6, 6.07) is 6.84. The monoisotopic (exact) mass is 425 g/mol. The number of nitrogens with zero attached hydrogens (tertiary/aromatic N) is 2. The molecule has 1 heterocycles. The highest BCUT2D eigenvalue weighted by Crippen LogP contribution is 2.34. The van der Waals surface area contributed by atoms with Gasteiger partial charge in [0.15, 0.2) is 0 Å². The Bertz CT molecular complexity index is 918. The van der Waals surface area contributed by atoms with E-state index in [2.05, 4.69) is 55.4 Å². The number of aromatic nitrogens is 1. The molecule has 0 bridgehead atoms. The molecule has 1 aromatic heterocycles. The van der Waals surface area contributed by atoms with E-state index < -0.39 is 0 Å². The van der Waals surface area contributed by atoms with Crippen LogP contribution in [0.5, 0.6) is 0 Å². The van der Waals surface area contributed by atoms with E-state index in [0.717, 1.165) is 65.1 Å². The van der Waals surface area contributed by atoms with Crippen LogP contribution in [0.15, 0.2) is 36.9 Å². The zero-order valence-electron chi connectivity index (χ0n) is 18.9. The quantitative estimate of drug-likeness (QED) is 0.446. The molecule has 0 spiro atoms. The molecule has 1 atom stereocenters. The highest BCUT2D eigenvalue weighted by molar-refractivity contribution is 6.36. The summed E-state index contributed by atoms with van der Waals surface area (Å²) < 4.78 is 0. The van der Waals surface area contributed by atoms with Crippen molar-refractivity contribution < 1.29 is 0 Å². The van der Waals surface area contributed by atoms with E-state index in [1.807, 2.05) is 7.05 Å². The molecule has 30 heavy (non-hydrogen) atoms. The Kier molecular flexibility index (Phi) is 7.96. The number of unbranched alkanes of at least 4 members (excludes halogenated alkanes) is 1. The van der Waals surface area contributed by atoms with Crippen molar-refractivity contribution in [1.29, 1.82) is 0 Å². The fourth-order valence-electron chi connectivity index (χ4n) is 4.37. The van der Waals surface area contributed by atoms with Gasteiger partial charge in [0.1, 0.15) is 0 Å². The number of halogens is 1. The number of fused-ring (bicyclic) bond motifs is 2. The first kappa shape index (κ1) is 22.8. The molecule has 0 radical (unpaired) electrons. The minimum Gasteiger partial charge on any atom is -0.366 e. The predicted octanol–water partition coefficient (Wildman–Crippen LogP) is 6.39. The van der Waals surface area contributed by atoms with Crippen LogP contribution < -0.4 is 5.32 Å². The lowest BCUT2D eigenvalue weighted by Gasteiger charge is -2.31. The van der Waals surface area contributed by atoms with E-state index in [4.69, 9.17) is 16.6 Å². The molecule has 2 aromatic rings. The predicted molar refractivity (Wildman–Crippen MR) is 131 cm³/mol. The van der Waals surface area contributed by atoms with Crippen molar-refractivity contribution in [3.63, 3.8) is 0 Å². The third-order valence-electron chi connectivity index (χ3n) is 6.12. The first-order valence-corrected chi connectivity index (χ1v) is 11.7. The number of aryl methyl sites for hydroxylation is 1. The number of likely N-dealkylation sites (N-methyl/N-ethyl adjacent to an activating group) is 1. The minimum absolute atomic E-state index is 0.432. The second-order valence-corrected chi connectivity index (χ2v) is 9.08. The van der Waals surface area contributed by atoms with E-state index in [9.17, 15) is 0 Å². The van der Waals surface area contributed by atoms with Crippen LogP contribution in [0.1, 0.15) is 62.8 Å². The minimum atomic E-state index is 0.432. The molecule has 162 valence electrons. The summed E-state index contributed by atoms with van der Waals surface area (Å²) in [6.45, 7) is 14.6. The van der Waals surface area contributed by atoms with Crippen molar-refractivity contribution in [2.75, 3.05) is 20.1 Å². The standard InChI is InChI=1S/C26H36ClN3/c1-6-7-10-21(28-5)17-30(16-18(2)3)19(4)20-13-14-23-25(15-20)29-24-12-9-8-11-22(24)26(23)27/h13-15,21,28H,2,4,6-12,16-17H2,1,3,5H3. The third kappa shape index (κ3) is 5.25. The molecule has 0 amide bonds. The number of nitrogens with one attached hydrogen (secondary N) is 1. The fourth-order valence-corrected chi connectivity index (χ4v) is 4.73. The van der Waals surface area contributed by atoms with E-state index >= 15 is 0 Å². The summed E-state index contributed by atoms with van der Waals surface area (Å²) in [4.78, 5) is 7.33. The van der Waals surface area contributed by atoms with Crippen molar-refractivity contribution in [3.05, 3.63) is 58.8 Å². The molecule has 0 saturated carbocycles.